The van der Waals surface area contributed by atoms with Gasteiger partial charge in [0, 0.05) is 24.2 Å². The summed E-state index contributed by atoms with van der Waals surface area (Å²) in [5, 5.41) is 0. The van der Waals surface area contributed by atoms with Crippen molar-refractivity contribution in [2.24, 2.45) is 0 Å². The van der Waals surface area contributed by atoms with Crippen LogP contribution in [0.3, 0.4) is 0 Å². The van der Waals surface area contributed by atoms with Crippen molar-refractivity contribution in [2.45, 2.75) is 51.6 Å². The van der Waals surface area contributed by atoms with Crippen LogP contribution in [0, 0.1) is 18.6 Å². The second-order valence-corrected chi connectivity index (χ2v) is 12.6. The van der Waals surface area contributed by atoms with Crippen LogP contribution in [0.1, 0.15) is 49.5 Å². The first kappa shape index (κ1) is 32.3. The number of carbonyl (C=O) groups is 1. The smallest absolute Gasteiger partial charge is 0.341 e. The molecule has 15 heteroatoms. The number of nitrogen functional groups attached to an aromatic ring is 1. The van der Waals surface area contributed by atoms with Gasteiger partial charge < -0.3 is 15.2 Å². The Hall–Kier alpha value is -2.91. The Balaban J connectivity index is 2.42. The largest absolute Gasteiger partial charge is 0.456 e. The van der Waals surface area contributed by atoms with E-state index in [0.29, 0.717) is 4.31 Å². The SMILES string of the molecule is Cc1c(Oc2c(F)ccc(N(CCC(F)S(=O)(=O)CCCF)S(=O)O)c2F)ccc(N)c1C(=O)OC(C)(C)C. The van der Waals surface area contributed by atoms with E-state index in [1.807, 2.05) is 0 Å². The molecule has 3 N–H and O–H groups in total. The van der Waals surface area contributed by atoms with Crippen molar-refractivity contribution in [1.29, 1.82) is 0 Å². The Bertz CT molecular complexity index is 1330. The fraction of sp³-hybridized carbons (Fsp3) is 0.458. The molecule has 2 atom stereocenters. The zero-order valence-electron chi connectivity index (χ0n) is 21.7. The zero-order valence-corrected chi connectivity index (χ0v) is 23.3. The Morgan fingerprint density at radius 3 is 2.41 bits per heavy atom. The lowest BCUT2D eigenvalue weighted by Gasteiger charge is -2.23. The summed E-state index contributed by atoms with van der Waals surface area (Å²) in [6, 6.07) is 4.03. The summed E-state index contributed by atoms with van der Waals surface area (Å²) >= 11 is -2.99. The minimum absolute atomic E-state index is 0.0212. The first-order valence-corrected chi connectivity index (χ1v) is 14.4. The molecule has 0 heterocycles. The van der Waals surface area contributed by atoms with E-state index in [1.165, 1.54) is 19.1 Å². The van der Waals surface area contributed by atoms with Crippen molar-refractivity contribution < 1.29 is 49.0 Å². The molecule has 2 aromatic carbocycles. The maximum Gasteiger partial charge on any atom is 0.341 e. The Morgan fingerprint density at radius 1 is 1.21 bits per heavy atom. The third kappa shape index (κ3) is 8.29. The third-order valence-corrected chi connectivity index (χ3v) is 7.89. The van der Waals surface area contributed by atoms with Gasteiger partial charge in [0.15, 0.2) is 21.5 Å². The second kappa shape index (κ2) is 13.0. The lowest BCUT2D eigenvalue weighted by Crippen LogP contribution is -2.31. The number of sulfone groups is 1. The molecule has 0 aliphatic heterocycles. The molecule has 2 rings (SSSR count). The minimum Gasteiger partial charge on any atom is -0.456 e. The van der Waals surface area contributed by atoms with E-state index >= 15 is 4.39 Å². The van der Waals surface area contributed by atoms with Gasteiger partial charge in [-0.2, -0.15) is 0 Å². The van der Waals surface area contributed by atoms with Crippen LogP contribution in [0.25, 0.3) is 0 Å². The number of esters is 1. The fourth-order valence-corrected chi connectivity index (χ4v) is 5.21. The van der Waals surface area contributed by atoms with E-state index < -0.39 is 93.1 Å². The summed E-state index contributed by atoms with van der Waals surface area (Å²) < 4.78 is 113. The molecule has 0 fully saturated rings. The Labute approximate surface area is 226 Å². The van der Waals surface area contributed by atoms with Gasteiger partial charge in [0.2, 0.25) is 11.3 Å². The summed E-state index contributed by atoms with van der Waals surface area (Å²) in [6.07, 6.45) is -1.28. The van der Waals surface area contributed by atoms with Crippen molar-refractivity contribution in [3.8, 4) is 11.5 Å². The lowest BCUT2D eigenvalue weighted by atomic mass is 10.0. The van der Waals surface area contributed by atoms with Gasteiger partial charge in [0.25, 0.3) is 11.3 Å². The van der Waals surface area contributed by atoms with Crippen molar-refractivity contribution in [3.63, 3.8) is 0 Å². The summed E-state index contributed by atoms with van der Waals surface area (Å²) in [7, 11) is -4.36. The van der Waals surface area contributed by atoms with E-state index in [2.05, 4.69) is 0 Å². The average molecular weight is 599 g/mol. The molecule has 39 heavy (non-hydrogen) atoms. The molecule has 0 aromatic heterocycles. The summed E-state index contributed by atoms with van der Waals surface area (Å²) in [6.45, 7) is 4.56. The summed E-state index contributed by atoms with van der Waals surface area (Å²) in [4.78, 5) is 12.6. The first-order chi connectivity index (χ1) is 18.0. The minimum atomic E-state index is -4.36. The highest BCUT2D eigenvalue weighted by atomic mass is 32.2. The van der Waals surface area contributed by atoms with Gasteiger partial charge in [0.1, 0.15) is 11.4 Å². The average Bonchev–Trinajstić information content (AvgIpc) is 2.81. The highest BCUT2D eigenvalue weighted by Crippen LogP contribution is 2.37. The van der Waals surface area contributed by atoms with Gasteiger partial charge in [-0.3, -0.25) is 13.2 Å². The molecule has 0 aliphatic rings. The van der Waals surface area contributed by atoms with Crippen molar-refractivity contribution in [3.05, 3.63) is 47.0 Å². The predicted molar refractivity (Wildman–Crippen MR) is 139 cm³/mol. The summed E-state index contributed by atoms with van der Waals surface area (Å²) in [5.41, 5.74) is 1.85. The molecule has 0 aliphatic carbocycles. The molecule has 0 bridgehead atoms. The van der Waals surface area contributed by atoms with Crippen LogP contribution in [0.2, 0.25) is 0 Å². The molecular weight excluding hydrogens is 568 g/mol. The molecule has 2 unspecified atom stereocenters. The molecular formula is C24H30F4N2O7S2. The van der Waals surface area contributed by atoms with Gasteiger partial charge in [-0.25, -0.2) is 30.6 Å². The third-order valence-electron chi connectivity index (χ3n) is 5.26. The molecule has 0 saturated carbocycles. The standard InChI is InChI=1S/C24H30F4N2O7S2/c1-14-18(9-7-16(29)20(14)23(31)37-24(2,3)4)36-22-15(26)6-8-17(21(22)28)30(38(32)33)12-10-19(27)39(34,35)13-5-11-25/h6-9,19H,5,10-13,29H2,1-4H3,(H,32,33). The molecule has 0 radical (unpaired) electrons. The van der Waals surface area contributed by atoms with Gasteiger partial charge in [-0.1, -0.05) is 0 Å². The van der Waals surface area contributed by atoms with E-state index in [0.717, 1.165) is 12.1 Å². The second-order valence-electron chi connectivity index (χ2n) is 9.41. The van der Waals surface area contributed by atoms with Crippen LogP contribution < -0.4 is 14.8 Å². The number of benzene rings is 2. The van der Waals surface area contributed by atoms with E-state index in [-0.39, 0.29) is 22.6 Å². The van der Waals surface area contributed by atoms with Crippen molar-refractivity contribution >= 4 is 38.4 Å². The highest BCUT2D eigenvalue weighted by molar-refractivity contribution is 7.91. The number of nitrogens with zero attached hydrogens (tertiary/aromatic N) is 1. The molecule has 0 spiro atoms. The maximum absolute atomic E-state index is 15.4. The maximum atomic E-state index is 15.4. The number of nitrogens with two attached hydrogens (primary N) is 1. The number of halogens is 4. The van der Waals surface area contributed by atoms with Crippen molar-refractivity contribution in [1.82, 2.24) is 0 Å². The van der Waals surface area contributed by atoms with Gasteiger partial charge in [0.05, 0.1) is 23.7 Å². The monoisotopic (exact) mass is 598 g/mol. The topological polar surface area (TPSA) is 136 Å². The van der Waals surface area contributed by atoms with Crippen molar-refractivity contribution in [2.75, 3.05) is 29.0 Å². The summed E-state index contributed by atoms with van der Waals surface area (Å²) in [5.74, 6) is -5.45. The number of ether oxygens (including phenoxy) is 2. The van der Waals surface area contributed by atoms with Crippen LogP contribution in [0.15, 0.2) is 24.3 Å². The lowest BCUT2D eigenvalue weighted by molar-refractivity contribution is 0.00696. The van der Waals surface area contributed by atoms with Crippen LogP contribution >= 0.6 is 0 Å². The zero-order chi connectivity index (χ0) is 29.7. The number of anilines is 2. The molecule has 9 nitrogen and oxygen atoms in total. The van der Waals surface area contributed by atoms with Gasteiger partial charge in [-0.05, 0) is 58.4 Å². The Morgan fingerprint density at radius 2 is 1.85 bits per heavy atom. The van der Waals surface area contributed by atoms with E-state index in [1.54, 1.807) is 20.8 Å². The highest BCUT2D eigenvalue weighted by Gasteiger charge is 2.29. The number of alkyl halides is 2. The number of rotatable bonds is 12. The molecule has 0 saturated heterocycles. The van der Waals surface area contributed by atoms with Gasteiger partial charge >= 0.3 is 5.97 Å². The Kier molecular flexibility index (Phi) is 10.7. The number of carbonyl (C=O) groups excluding carboxylic acids is 1. The van der Waals surface area contributed by atoms with E-state index in [9.17, 15) is 35.1 Å². The number of hydrogen-bond donors (Lipinski definition) is 2. The normalized spacial score (nSPS) is 13.6. The van der Waals surface area contributed by atoms with Gasteiger partial charge in [-0.15, -0.1) is 0 Å². The molecule has 2 aromatic rings. The quantitative estimate of drug-likeness (QED) is 0.151. The molecule has 218 valence electrons. The van der Waals surface area contributed by atoms with Crippen LogP contribution in [-0.4, -0.2) is 53.2 Å². The van der Waals surface area contributed by atoms with Crippen LogP contribution in [0.5, 0.6) is 11.5 Å². The first-order valence-electron chi connectivity index (χ1n) is 11.6. The van der Waals surface area contributed by atoms with Crippen LogP contribution in [0.4, 0.5) is 28.9 Å². The van der Waals surface area contributed by atoms with E-state index in [4.69, 9.17) is 15.2 Å². The van der Waals surface area contributed by atoms with Crippen LogP contribution in [-0.2, 0) is 25.8 Å². The molecule has 0 amide bonds. The predicted octanol–water partition coefficient (Wildman–Crippen LogP) is 5.01. The fourth-order valence-electron chi connectivity index (χ4n) is 3.41. The number of hydrogen-bond acceptors (Lipinski definition) is 7.